The maximum Gasteiger partial charge on any atom is 0.243 e. The van der Waals surface area contributed by atoms with Gasteiger partial charge in [0, 0.05) is 12.1 Å². The van der Waals surface area contributed by atoms with Crippen LogP contribution in [0.1, 0.15) is 26.8 Å². The number of halogens is 2. The zero-order valence-electron chi connectivity index (χ0n) is 11.3. The van der Waals surface area contributed by atoms with E-state index in [0.717, 1.165) is 0 Å². The Morgan fingerprint density at radius 1 is 1.45 bits per heavy atom. The number of H-pyrrole nitrogens is 1. The van der Waals surface area contributed by atoms with Crippen molar-refractivity contribution in [3.05, 3.63) is 27.7 Å². The average molecular weight is 316 g/mol. The Labute approximate surface area is 125 Å². The Morgan fingerprint density at radius 2 is 2.10 bits per heavy atom. The molecule has 0 spiro atoms. The highest BCUT2D eigenvalue weighted by Gasteiger charge is 2.20. The van der Waals surface area contributed by atoms with Crippen molar-refractivity contribution in [1.82, 2.24) is 14.9 Å². The van der Waals surface area contributed by atoms with Crippen LogP contribution in [-0.2, 0) is 4.79 Å². The minimum atomic E-state index is -0.543. The predicted molar refractivity (Wildman–Crippen MR) is 80.1 cm³/mol. The van der Waals surface area contributed by atoms with E-state index >= 15 is 0 Å². The van der Waals surface area contributed by atoms with Gasteiger partial charge in [-0.2, -0.15) is 0 Å². The van der Waals surface area contributed by atoms with Crippen molar-refractivity contribution in [1.29, 1.82) is 0 Å². The van der Waals surface area contributed by atoms with Crippen molar-refractivity contribution in [2.24, 2.45) is 0 Å². The number of hydrogen-bond acceptors (Lipinski definition) is 2. The SMILES string of the molecule is CC(C)NC(=O)C(C)n1c(=S)[nH]c2cc(Cl)c(F)cc21. The molecule has 1 unspecified atom stereocenters. The summed E-state index contributed by atoms with van der Waals surface area (Å²) in [5.41, 5.74) is 1.12. The Balaban J connectivity index is 2.54. The van der Waals surface area contributed by atoms with Gasteiger partial charge in [0.15, 0.2) is 4.77 Å². The molecule has 108 valence electrons. The van der Waals surface area contributed by atoms with Crippen LogP contribution in [0.3, 0.4) is 0 Å². The Kier molecular flexibility index (Phi) is 4.15. The second-order valence-corrected chi connectivity index (χ2v) is 5.72. The number of carbonyl (C=O) groups excluding carboxylic acids is 1. The molecule has 4 nitrogen and oxygen atoms in total. The van der Waals surface area contributed by atoms with E-state index in [2.05, 4.69) is 10.3 Å². The fraction of sp³-hybridized carbons (Fsp3) is 0.385. The lowest BCUT2D eigenvalue weighted by Crippen LogP contribution is -2.35. The molecule has 1 atom stereocenters. The van der Waals surface area contributed by atoms with E-state index in [9.17, 15) is 9.18 Å². The monoisotopic (exact) mass is 315 g/mol. The van der Waals surface area contributed by atoms with E-state index in [-0.39, 0.29) is 17.0 Å². The number of nitrogens with zero attached hydrogens (tertiary/aromatic N) is 1. The molecule has 2 N–H and O–H groups in total. The molecule has 0 saturated carbocycles. The molecule has 2 rings (SSSR count). The third-order valence-corrected chi connectivity index (χ3v) is 3.54. The van der Waals surface area contributed by atoms with Gasteiger partial charge in [0.25, 0.3) is 0 Å². The molecular weight excluding hydrogens is 301 g/mol. The number of hydrogen-bond donors (Lipinski definition) is 2. The first-order chi connectivity index (χ1) is 9.31. The third kappa shape index (κ3) is 2.71. The molecule has 1 aromatic carbocycles. The summed E-state index contributed by atoms with van der Waals surface area (Å²) in [4.78, 5) is 15.0. The van der Waals surface area contributed by atoms with Crippen LogP contribution in [0.4, 0.5) is 4.39 Å². The van der Waals surface area contributed by atoms with Gasteiger partial charge in [-0.15, -0.1) is 0 Å². The summed E-state index contributed by atoms with van der Waals surface area (Å²) in [5.74, 6) is -0.717. The fourth-order valence-corrected chi connectivity index (χ4v) is 2.56. The van der Waals surface area contributed by atoms with E-state index in [1.165, 1.54) is 12.1 Å². The molecular formula is C13H15ClFN3OS. The van der Waals surface area contributed by atoms with Crippen molar-refractivity contribution >= 4 is 40.8 Å². The highest BCUT2D eigenvalue weighted by Crippen LogP contribution is 2.25. The quantitative estimate of drug-likeness (QED) is 0.851. The summed E-state index contributed by atoms with van der Waals surface area (Å²) in [6, 6.07) is 2.23. The zero-order valence-corrected chi connectivity index (χ0v) is 12.9. The normalized spacial score (nSPS) is 12.9. The second kappa shape index (κ2) is 5.54. The van der Waals surface area contributed by atoms with E-state index < -0.39 is 11.9 Å². The van der Waals surface area contributed by atoms with Gasteiger partial charge < -0.3 is 14.9 Å². The third-order valence-electron chi connectivity index (χ3n) is 2.96. The summed E-state index contributed by atoms with van der Waals surface area (Å²) in [6.07, 6.45) is 0. The molecule has 1 heterocycles. The maximum atomic E-state index is 13.6. The van der Waals surface area contributed by atoms with Crippen LogP contribution in [0.15, 0.2) is 12.1 Å². The summed E-state index contributed by atoms with van der Waals surface area (Å²) in [7, 11) is 0. The molecule has 2 aromatic rings. The number of imidazole rings is 1. The molecule has 7 heteroatoms. The lowest BCUT2D eigenvalue weighted by atomic mass is 10.2. The number of aromatic amines is 1. The molecule has 0 saturated heterocycles. The second-order valence-electron chi connectivity index (χ2n) is 4.92. The number of amides is 1. The van der Waals surface area contributed by atoms with Gasteiger partial charge in [-0.1, -0.05) is 11.6 Å². The van der Waals surface area contributed by atoms with Gasteiger partial charge >= 0.3 is 0 Å². The average Bonchev–Trinajstić information content (AvgIpc) is 2.63. The van der Waals surface area contributed by atoms with E-state index in [1.54, 1.807) is 11.5 Å². The summed E-state index contributed by atoms with van der Waals surface area (Å²) < 4.78 is 15.6. The number of benzene rings is 1. The number of rotatable bonds is 3. The number of nitrogens with one attached hydrogen (secondary N) is 2. The van der Waals surface area contributed by atoms with Crippen molar-refractivity contribution in [2.45, 2.75) is 32.9 Å². The van der Waals surface area contributed by atoms with Crippen LogP contribution < -0.4 is 5.32 Å². The number of fused-ring (bicyclic) bond motifs is 1. The lowest BCUT2D eigenvalue weighted by Gasteiger charge is -2.16. The topological polar surface area (TPSA) is 49.8 Å². The van der Waals surface area contributed by atoms with Crippen molar-refractivity contribution in [3.63, 3.8) is 0 Å². The molecule has 1 amide bonds. The van der Waals surface area contributed by atoms with Crippen LogP contribution in [0.2, 0.25) is 5.02 Å². The highest BCUT2D eigenvalue weighted by molar-refractivity contribution is 7.71. The first-order valence-corrected chi connectivity index (χ1v) is 6.99. The van der Waals surface area contributed by atoms with Gasteiger partial charge in [0.2, 0.25) is 5.91 Å². The van der Waals surface area contributed by atoms with E-state index in [4.69, 9.17) is 23.8 Å². The summed E-state index contributed by atoms with van der Waals surface area (Å²) in [6.45, 7) is 5.46. The van der Waals surface area contributed by atoms with Gasteiger partial charge in [-0.25, -0.2) is 4.39 Å². The van der Waals surface area contributed by atoms with Crippen molar-refractivity contribution < 1.29 is 9.18 Å². The minimum Gasteiger partial charge on any atom is -0.352 e. The number of carbonyl (C=O) groups is 1. The largest absolute Gasteiger partial charge is 0.352 e. The molecule has 20 heavy (non-hydrogen) atoms. The lowest BCUT2D eigenvalue weighted by molar-refractivity contribution is -0.124. The van der Waals surface area contributed by atoms with Gasteiger partial charge in [0.1, 0.15) is 11.9 Å². The van der Waals surface area contributed by atoms with Crippen LogP contribution in [0.5, 0.6) is 0 Å². The first-order valence-electron chi connectivity index (χ1n) is 6.21. The number of aromatic nitrogens is 2. The van der Waals surface area contributed by atoms with Gasteiger partial charge in [0.05, 0.1) is 16.1 Å². The minimum absolute atomic E-state index is 0.0141. The standard InChI is InChI=1S/C13H15ClFN3OS/c1-6(2)16-12(19)7(3)18-11-5-9(15)8(14)4-10(11)17-13(18)20/h4-7H,1-3H3,(H,16,19)(H,17,20). The molecule has 0 aliphatic carbocycles. The van der Waals surface area contributed by atoms with Crippen LogP contribution in [0, 0.1) is 10.6 Å². The van der Waals surface area contributed by atoms with Crippen molar-refractivity contribution in [2.75, 3.05) is 0 Å². The summed E-state index contributed by atoms with van der Waals surface area (Å²) in [5, 5.41) is 2.82. The molecule has 0 bridgehead atoms. The van der Waals surface area contributed by atoms with E-state index in [0.29, 0.717) is 15.8 Å². The molecule has 0 radical (unpaired) electrons. The van der Waals surface area contributed by atoms with Crippen molar-refractivity contribution in [3.8, 4) is 0 Å². The molecule has 0 aliphatic rings. The Morgan fingerprint density at radius 3 is 2.70 bits per heavy atom. The highest BCUT2D eigenvalue weighted by atomic mass is 35.5. The van der Waals surface area contributed by atoms with Crippen LogP contribution in [-0.4, -0.2) is 21.5 Å². The van der Waals surface area contributed by atoms with Crippen LogP contribution >= 0.6 is 23.8 Å². The Hall–Kier alpha value is -1.40. The van der Waals surface area contributed by atoms with Crippen LogP contribution in [0.25, 0.3) is 11.0 Å². The zero-order chi connectivity index (χ0) is 15.0. The summed E-state index contributed by atoms with van der Waals surface area (Å²) >= 11 is 11.0. The van der Waals surface area contributed by atoms with E-state index in [1.807, 2.05) is 13.8 Å². The molecule has 1 aromatic heterocycles. The Bertz CT molecular complexity index is 722. The fourth-order valence-electron chi connectivity index (χ4n) is 2.03. The van der Waals surface area contributed by atoms with Gasteiger partial charge in [-0.3, -0.25) is 4.79 Å². The van der Waals surface area contributed by atoms with Gasteiger partial charge in [-0.05, 0) is 39.1 Å². The molecule has 0 aliphatic heterocycles. The first kappa shape index (κ1) is 15.0. The molecule has 0 fully saturated rings. The maximum absolute atomic E-state index is 13.6. The smallest absolute Gasteiger partial charge is 0.243 e. The predicted octanol–water partition coefficient (Wildman–Crippen LogP) is 3.58.